The van der Waals surface area contributed by atoms with Gasteiger partial charge in [-0.15, -0.1) is 23.5 Å². The number of hydrogen-bond acceptors (Lipinski definition) is 12. The molecule has 2 aromatic heterocycles. The molecule has 6 unspecified atom stereocenters. The molecule has 6 N–H and O–H groups in total. The summed E-state index contributed by atoms with van der Waals surface area (Å²) in [4.78, 5) is 51.7. The molecule has 2 amide bonds. The number of aliphatic carboxylic acids is 2. The Morgan fingerprint density at radius 3 is 1.29 bits per heavy atom. The van der Waals surface area contributed by atoms with E-state index in [1.54, 1.807) is 50.2 Å². The zero-order chi connectivity index (χ0) is 40.8. The molecule has 0 aliphatic carbocycles. The fourth-order valence-electron chi connectivity index (χ4n) is 7.48. The molecule has 2 aromatic carbocycles. The molecule has 304 valence electrons. The van der Waals surface area contributed by atoms with E-state index in [1.165, 1.54) is 33.3 Å². The van der Waals surface area contributed by atoms with Gasteiger partial charge in [0.05, 0.1) is 20.1 Å². The zero-order valence-electron chi connectivity index (χ0n) is 31.9. The first kappa shape index (κ1) is 46.2. The van der Waals surface area contributed by atoms with Crippen molar-refractivity contribution >= 4 is 105 Å². The number of fused-ring (bicyclic) bond motifs is 2. The Morgan fingerprint density at radius 1 is 0.690 bits per heavy atom. The van der Waals surface area contributed by atoms with Crippen LogP contribution in [0, 0.1) is 13.8 Å². The summed E-state index contributed by atoms with van der Waals surface area (Å²) in [6.45, 7) is 10.8. The number of β-lactam (4-membered cyclic amide) rings is 2. The molecule has 0 radical (unpaired) electrons. The number of rotatable bonds is 8. The van der Waals surface area contributed by atoms with Crippen LogP contribution in [0.2, 0.25) is 20.1 Å². The predicted molar refractivity (Wildman–Crippen MR) is 219 cm³/mol. The Morgan fingerprint density at radius 2 is 1.00 bits per heavy atom. The number of anilines is 2. The number of nitrogens with zero attached hydrogens (tertiary/aromatic N) is 4. The van der Waals surface area contributed by atoms with E-state index in [4.69, 9.17) is 55.4 Å². The van der Waals surface area contributed by atoms with Crippen molar-refractivity contribution in [2.24, 2.45) is 0 Å². The number of halogens is 4. The van der Waals surface area contributed by atoms with E-state index in [9.17, 15) is 29.4 Å². The summed E-state index contributed by atoms with van der Waals surface area (Å²) >= 11 is 28.1. The first-order valence-corrected chi connectivity index (χ1v) is 20.3. The fourth-order valence-corrected chi connectivity index (χ4v) is 11.9. The molecule has 22 heteroatoms. The molecule has 6 heterocycles. The molecule has 4 fully saturated rings. The molecular formula is C36H36Cl4N6NaO9S2+. The molecule has 58 heavy (non-hydrogen) atoms. The second-order valence-corrected chi connectivity index (χ2v) is 19.7. The van der Waals surface area contributed by atoms with Gasteiger partial charge in [-0.2, -0.15) is 0 Å². The molecule has 4 aliphatic rings. The quantitative estimate of drug-likeness (QED) is 0.145. The van der Waals surface area contributed by atoms with Gasteiger partial charge < -0.3 is 45.2 Å². The van der Waals surface area contributed by atoms with E-state index < -0.39 is 45.6 Å². The minimum absolute atomic E-state index is 0. The van der Waals surface area contributed by atoms with Gasteiger partial charge in [-0.05, 0) is 65.8 Å². The monoisotopic (exact) mass is 923 g/mol. The predicted octanol–water partition coefficient (Wildman–Crippen LogP) is 3.95. The largest absolute Gasteiger partial charge is 1.00 e. The van der Waals surface area contributed by atoms with Gasteiger partial charge in [-0.25, -0.2) is 9.59 Å². The SMILES string of the molecule is Cc1onc(-c2c(Cl)cccc2Cl)c1NC1C(=O)N2C1SC(C)(C)C2C(=O)O.Cc1onc(-c2c(Cl)cccc2Cl)c1NC1C(=O)N2C1SC(C)(C)C2C(=O)O.O.[Na+]. The van der Waals surface area contributed by atoms with Crippen LogP contribution in [0.3, 0.4) is 0 Å². The van der Waals surface area contributed by atoms with Crippen LogP contribution in [-0.4, -0.2) is 104 Å². The third kappa shape index (κ3) is 7.69. The van der Waals surface area contributed by atoms with Crippen LogP contribution in [0.15, 0.2) is 45.4 Å². The maximum Gasteiger partial charge on any atom is 1.00 e. The molecule has 6 atom stereocenters. The Hall–Kier alpha value is -2.84. The van der Waals surface area contributed by atoms with Crippen molar-refractivity contribution in [2.45, 2.75) is 86.0 Å². The van der Waals surface area contributed by atoms with Crippen LogP contribution >= 0.6 is 69.9 Å². The van der Waals surface area contributed by atoms with Crippen LogP contribution in [0.25, 0.3) is 22.5 Å². The second-order valence-electron chi connectivity index (χ2n) is 14.6. The smallest absolute Gasteiger partial charge is 0.480 e. The Bertz CT molecular complexity index is 2110. The standard InChI is InChI=1S/2C18H17Cl2N3O4S.Na.H2O/c2*1-7-11(12(22-27-7)10-8(19)5-4-6-9(10)20)21-13-15(24)23-14(17(25)26)18(2,3)28-16(13)23;;/h2*4-6,13-14,16,21H,1-3H3,(H,25,26);;1H2/q;;+1;. The minimum Gasteiger partial charge on any atom is -0.480 e. The van der Waals surface area contributed by atoms with Crippen molar-refractivity contribution < 1.29 is 73.5 Å². The average molecular weight is 926 g/mol. The van der Waals surface area contributed by atoms with E-state index in [1.807, 2.05) is 27.7 Å². The Kier molecular flexibility index (Phi) is 13.5. The van der Waals surface area contributed by atoms with Crippen LogP contribution in [0.1, 0.15) is 39.2 Å². The van der Waals surface area contributed by atoms with Gasteiger partial charge in [0.15, 0.2) is 11.5 Å². The third-order valence-electron chi connectivity index (χ3n) is 10.1. The zero-order valence-corrected chi connectivity index (χ0v) is 38.5. The maximum absolute atomic E-state index is 12.7. The number of carboxylic acid groups (broad SMARTS) is 2. The van der Waals surface area contributed by atoms with Gasteiger partial charge in [-0.3, -0.25) is 9.59 Å². The number of hydrogen-bond donors (Lipinski definition) is 4. The van der Waals surface area contributed by atoms with Crippen molar-refractivity contribution in [1.29, 1.82) is 0 Å². The van der Waals surface area contributed by atoms with E-state index in [0.29, 0.717) is 65.5 Å². The molecule has 4 saturated heterocycles. The first-order valence-electron chi connectivity index (χ1n) is 17.1. The minimum atomic E-state index is -1.00. The van der Waals surface area contributed by atoms with Gasteiger partial charge in [0.25, 0.3) is 0 Å². The van der Waals surface area contributed by atoms with Crippen LogP contribution in [0.5, 0.6) is 0 Å². The summed E-state index contributed by atoms with van der Waals surface area (Å²) in [5, 5.41) is 34.7. The Balaban J connectivity index is 0.000000214. The number of aromatic nitrogens is 2. The van der Waals surface area contributed by atoms with E-state index in [2.05, 4.69) is 20.9 Å². The van der Waals surface area contributed by atoms with Crippen molar-refractivity contribution in [2.75, 3.05) is 10.6 Å². The maximum atomic E-state index is 12.7. The summed E-state index contributed by atoms with van der Waals surface area (Å²) in [7, 11) is 0. The molecule has 4 aromatic rings. The molecule has 4 aliphatic heterocycles. The number of thioether (sulfide) groups is 2. The van der Waals surface area contributed by atoms with Crippen molar-refractivity contribution in [3.63, 3.8) is 0 Å². The molecule has 0 saturated carbocycles. The van der Waals surface area contributed by atoms with E-state index in [-0.39, 0.29) is 57.6 Å². The van der Waals surface area contributed by atoms with Crippen LogP contribution in [-0.2, 0) is 19.2 Å². The molecule has 0 spiro atoms. The van der Waals surface area contributed by atoms with Crippen molar-refractivity contribution in [3.05, 3.63) is 68.0 Å². The third-order valence-corrected chi connectivity index (χ3v) is 14.5. The molecule has 15 nitrogen and oxygen atoms in total. The number of carboxylic acids is 2. The van der Waals surface area contributed by atoms with Crippen LogP contribution < -0.4 is 40.2 Å². The Labute approximate surface area is 382 Å². The molecular weight excluding hydrogens is 889 g/mol. The molecule has 8 rings (SSSR count). The number of amides is 2. The first-order chi connectivity index (χ1) is 26.3. The second kappa shape index (κ2) is 16.9. The average Bonchev–Trinajstić information content (AvgIpc) is 3.80. The number of nitrogens with one attached hydrogen (secondary N) is 2. The normalized spacial score (nSPS) is 24.5. The fraction of sp³-hybridized carbons (Fsp3) is 0.389. The summed E-state index contributed by atoms with van der Waals surface area (Å²) in [6, 6.07) is 7.32. The number of aryl methyl sites for hydroxylation is 2. The molecule has 0 bridgehead atoms. The summed E-state index contributed by atoms with van der Waals surface area (Å²) in [6.07, 6.45) is 0. The summed E-state index contributed by atoms with van der Waals surface area (Å²) in [5.41, 5.74) is 2.89. The van der Waals surface area contributed by atoms with Gasteiger partial charge >= 0.3 is 41.5 Å². The van der Waals surface area contributed by atoms with Gasteiger partial charge in [0.1, 0.15) is 57.7 Å². The van der Waals surface area contributed by atoms with Crippen LogP contribution in [0.4, 0.5) is 11.4 Å². The van der Waals surface area contributed by atoms with Crippen molar-refractivity contribution in [1.82, 2.24) is 20.1 Å². The topological polar surface area (TPSA) is 223 Å². The van der Waals surface area contributed by atoms with Crippen molar-refractivity contribution in [3.8, 4) is 22.5 Å². The van der Waals surface area contributed by atoms with E-state index >= 15 is 0 Å². The summed E-state index contributed by atoms with van der Waals surface area (Å²) < 4.78 is 9.45. The van der Waals surface area contributed by atoms with Gasteiger partial charge in [0, 0.05) is 20.6 Å². The number of carbonyl (C=O) groups is 4. The number of benzene rings is 2. The van der Waals surface area contributed by atoms with Gasteiger partial charge in [-0.1, -0.05) is 68.8 Å². The summed E-state index contributed by atoms with van der Waals surface area (Å²) in [5.74, 6) is -1.59. The van der Waals surface area contributed by atoms with Gasteiger partial charge in [0.2, 0.25) is 11.8 Å². The van der Waals surface area contributed by atoms with E-state index in [0.717, 1.165) is 0 Å². The number of carbonyl (C=O) groups excluding carboxylic acids is 2.